The summed E-state index contributed by atoms with van der Waals surface area (Å²) in [5.41, 5.74) is 0. The largest absolute Gasteiger partial charge is 0.494 e. The summed E-state index contributed by atoms with van der Waals surface area (Å²) in [6.07, 6.45) is 0.963. The van der Waals surface area contributed by atoms with Crippen LogP contribution < -0.4 is 10.1 Å². The zero-order chi connectivity index (χ0) is 14.7. The molecule has 0 aliphatic rings. The van der Waals surface area contributed by atoms with E-state index in [9.17, 15) is 4.79 Å². The quantitative estimate of drug-likeness (QED) is 0.892. The number of carbonyl (C=O) groups is 1. The Morgan fingerprint density at radius 1 is 1.45 bits per heavy atom. The summed E-state index contributed by atoms with van der Waals surface area (Å²) in [5, 5.41) is 4.53. The van der Waals surface area contributed by atoms with Crippen LogP contribution in [0.5, 0.6) is 5.75 Å². The average Bonchev–Trinajstić information content (AvgIpc) is 2.75. The Morgan fingerprint density at radius 2 is 2.20 bits per heavy atom. The number of hydrogen-bond donors (Lipinski definition) is 1. The molecule has 1 N–H and O–H groups in total. The lowest BCUT2D eigenvalue weighted by atomic mass is 10.1. The lowest BCUT2D eigenvalue weighted by molar-refractivity contribution is 0.0953. The molecule has 0 atom stereocenters. The topological polar surface area (TPSA) is 38.3 Å². The fourth-order valence-corrected chi connectivity index (χ4v) is 3.32. The predicted octanol–water partition coefficient (Wildman–Crippen LogP) is 4.34. The standard InChI is InChI=1S/C15H18ClNO2S/c1-9(2)6-7-17-15(18)14-13(19-3)11-5-4-10(16)8-12(11)20-14/h4-5,8-9H,6-7H2,1-3H3,(H,17,18). The number of halogens is 1. The van der Waals surface area contributed by atoms with E-state index >= 15 is 0 Å². The summed E-state index contributed by atoms with van der Waals surface area (Å²) < 4.78 is 6.35. The number of fused-ring (bicyclic) bond motifs is 1. The monoisotopic (exact) mass is 311 g/mol. The minimum atomic E-state index is -0.0835. The van der Waals surface area contributed by atoms with Crippen LogP contribution in [0, 0.1) is 5.92 Å². The molecule has 2 rings (SSSR count). The first-order chi connectivity index (χ1) is 9.52. The maximum absolute atomic E-state index is 12.2. The number of rotatable bonds is 5. The molecule has 20 heavy (non-hydrogen) atoms. The van der Waals surface area contributed by atoms with Crippen molar-refractivity contribution >= 4 is 38.9 Å². The van der Waals surface area contributed by atoms with Gasteiger partial charge in [-0.2, -0.15) is 0 Å². The Hall–Kier alpha value is -1.26. The molecule has 0 saturated heterocycles. The SMILES string of the molecule is COc1c(C(=O)NCCC(C)C)sc2cc(Cl)ccc12. The van der Waals surface area contributed by atoms with Crippen molar-refractivity contribution in [2.45, 2.75) is 20.3 Å². The molecule has 1 aromatic carbocycles. The Kier molecular flexibility index (Phi) is 4.89. The lowest BCUT2D eigenvalue weighted by Gasteiger charge is -2.07. The van der Waals surface area contributed by atoms with Gasteiger partial charge in [-0.05, 0) is 30.5 Å². The van der Waals surface area contributed by atoms with Crippen LogP contribution in [0.1, 0.15) is 29.9 Å². The molecule has 0 radical (unpaired) electrons. The van der Waals surface area contributed by atoms with Gasteiger partial charge in [0.1, 0.15) is 10.6 Å². The van der Waals surface area contributed by atoms with Crippen molar-refractivity contribution in [1.29, 1.82) is 0 Å². The van der Waals surface area contributed by atoms with E-state index in [1.807, 2.05) is 12.1 Å². The van der Waals surface area contributed by atoms with Gasteiger partial charge in [0, 0.05) is 21.7 Å². The maximum Gasteiger partial charge on any atom is 0.265 e. The van der Waals surface area contributed by atoms with Crippen molar-refractivity contribution in [3.8, 4) is 5.75 Å². The highest BCUT2D eigenvalue weighted by molar-refractivity contribution is 7.21. The fraction of sp³-hybridized carbons (Fsp3) is 0.400. The highest BCUT2D eigenvalue weighted by Crippen LogP contribution is 2.38. The van der Waals surface area contributed by atoms with Crippen molar-refractivity contribution in [2.24, 2.45) is 5.92 Å². The number of ether oxygens (including phenoxy) is 1. The van der Waals surface area contributed by atoms with Crippen LogP contribution in [0.2, 0.25) is 5.02 Å². The summed E-state index contributed by atoms with van der Waals surface area (Å²) in [6, 6.07) is 5.55. The third-order valence-electron chi connectivity index (χ3n) is 3.02. The molecule has 0 bridgehead atoms. The molecular weight excluding hydrogens is 294 g/mol. The van der Waals surface area contributed by atoms with Crippen LogP contribution in [-0.4, -0.2) is 19.6 Å². The third-order valence-corrected chi connectivity index (χ3v) is 4.39. The molecule has 2 aromatic rings. The molecule has 5 heteroatoms. The molecule has 0 spiro atoms. The Labute approximate surface area is 127 Å². The van der Waals surface area contributed by atoms with Crippen molar-refractivity contribution < 1.29 is 9.53 Å². The Balaban J connectivity index is 2.26. The van der Waals surface area contributed by atoms with Gasteiger partial charge in [-0.25, -0.2) is 0 Å². The van der Waals surface area contributed by atoms with Gasteiger partial charge in [-0.3, -0.25) is 4.79 Å². The number of thiophene rings is 1. The van der Waals surface area contributed by atoms with Gasteiger partial charge in [0.05, 0.1) is 7.11 Å². The van der Waals surface area contributed by atoms with Crippen LogP contribution in [0.3, 0.4) is 0 Å². The van der Waals surface area contributed by atoms with Crippen LogP contribution in [0.4, 0.5) is 0 Å². The molecule has 0 saturated carbocycles. The highest BCUT2D eigenvalue weighted by Gasteiger charge is 2.19. The third kappa shape index (κ3) is 3.25. The maximum atomic E-state index is 12.2. The van der Waals surface area contributed by atoms with Gasteiger partial charge < -0.3 is 10.1 Å². The Morgan fingerprint density at radius 3 is 2.85 bits per heavy atom. The van der Waals surface area contributed by atoms with Crippen LogP contribution in [0.15, 0.2) is 18.2 Å². The normalized spacial score (nSPS) is 11.1. The van der Waals surface area contributed by atoms with E-state index in [1.165, 1.54) is 11.3 Å². The number of benzene rings is 1. The molecule has 108 valence electrons. The molecule has 3 nitrogen and oxygen atoms in total. The summed E-state index contributed by atoms with van der Waals surface area (Å²) in [7, 11) is 1.58. The highest BCUT2D eigenvalue weighted by atomic mass is 35.5. The second-order valence-electron chi connectivity index (χ2n) is 5.04. The Bertz CT molecular complexity index is 622. The predicted molar refractivity (Wildman–Crippen MR) is 85.2 cm³/mol. The number of carbonyl (C=O) groups excluding carboxylic acids is 1. The van der Waals surface area contributed by atoms with Crippen LogP contribution >= 0.6 is 22.9 Å². The summed E-state index contributed by atoms with van der Waals surface area (Å²) in [6.45, 7) is 4.94. The van der Waals surface area contributed by atoms with E-state index in [-0.39, 0.29) is 5.91 Å². The smallest absolute Gasteiger partial charge is 0.265 e. The van der Waals surface area contributed by atoms with Crippen LogP contribution in [0.25, 0.3) is 10.1 Å². The van der Waals surface area contributed by atoms with Gasteiger partial charge in [0.25, 0.3) is 5.91 Å². The molecule has 0 aliphatic heterocycles. The molecule has 0 unspecified atom stereocenters. The first-order valence-corrected chi connectivity index (χ1v) is 7.76. The molecule has 0 fully saturated rings. The molecule has 1 aromatic heterocycles. The summed E-state index contributed by atoms with van der Waals surface area (Å²) in [5.74, 6) is 1.11. The summed E-state index contributed by atoms with van der Waals surface area (Å²) in [4.78, 5) is 12.9. The van der Waals surface area contributed by atoms with E-state index in [1.54, 1.807) is 13.2 Å². The zero-order valence-electron chi connectivity index (χ0n) is 11.8. The molecule has 0 aliphatic carbocycles. The van der Waals surface area contributed by atoms with Gasteiger partial charge in [0.15, 0.2) is 0 Å². The van der Waals surface area contributed by atoms with E-state index in [2.05, 4.69) is 19.2 Å². The zero-order valence-corrected chi connectivity index (χ0v) is 13.4. The summed E-state index contributed by atoms with van der Waals surface area (Å²) >= 11 is 7.39. The van der Waals surface area contributed by atoms with Crippen molar-refractivity contribution in [2.75, 3.05) is 13.7 Å². The first kappa shape index (κ1) is 15.1. The second-order valence-corrected chi connectivity index (χ2v) is 6.53. The van der Waals surface area contributed by atoms with Crippen molar-refractivity contribution in [3.05, 3.63) is 28.1 Å². The van der Waals surface area contributed by atoms with Gasteiger partial charge in [-0.1, -0.05) is 25.4 Å². The van der Waals surface area contributed by atoms with Crippen molar-refractivity contribution in [3.63, 3.8) is 0 Å². The number of methoxy groups -OCH3 is 1. The molecular formula is C15H18ClNO2S. The van der Waals surface area contributed by atoms with Gasteiger partial charge >= 0.3 is 0 Å². The molecule has 1 heterocycles. The van der Waals surface area contributed by atoms with Crippen molar-refractivity contribution in [1.82, 2.24) is 5.32 Å². The van der Waals surface area contributed by atoms with Crippen LogP contribution in [-0.2, 0) is 0 Å². The van der Waals surface area contributed by atoms with E-state index in [4.69, 9.17) is 16.3 Å². The number of hydrogen-bond acceptors (Lipinski definition) is 3. The van der Waals surface area contributed by atoms with Gasteiger partial charge in [0.2, 0.25) is 0 Å². The number of nitrogens with one attached hydrogen (secondary N) is 1. The minimum absolute atomic E-state index is 0.0835. The lowest BCUT2D eigenvalue weighted by Crippen LogP contribution is -2.24. The van der Waals surface area contributed by atoms with E-state index in [0.29, 0.717) is 28.1 Å². The average molecular weight is 312 g/mol. The van der Waals surface area contributed by atoms with Gasteiger partial charge in [-0.15, -0.1) is 11.3 Å². The fourth-order valence-electron chi connectivity index (χ4n) is 1.95. The minimum Gasteiger partial charge on any atom is -0.494 e. The van der Waals surface area contributed by atoms with E-state index in [0.717, 1.165) is 16.5 Å². The molecule has 1 amide bonds. The second kappa shape index (κ2) is 6.46. The number of amides is 1. The first-order valence-electron chi connectivity index (χ1n) is 6.57. The van der Waals surface area contributed by atoms with E-state index < -0.39 is 0 Å².